The van der Waals surface area contributed by atoms with Gasteiger partial charge in [0.05, 0.1) is 0 Å². The number of rotatable bonds is 9. The molecule has 1 unspecified atom stereocenters. The van der Waals surface area contributed by atoms with E-state index < -0.39 is 41.8 Å². The number of hydrogen-bond donors (Lipinski definition) is 4. The maximum atomic E-state index is 12.9. The first-order valence-corrected chi connectivity index (χ1v) is 12.9. The van der Waals surface area contributed by atoms with Crippen LogP contribution in [0.5, 0.6) is 0 Å². The molecule has 1 saturated heterocycles. The van der Waals surface area contributed by atoms with E-state index >= 15 is 0 Å². The Morgan fingerprint density at radius 3 is 2.67 bits per heavy atom. The summed E-state index contributed by atoms with van der Waals surface area (Å²) in [5, 5.41) is 28.1. The summed E-state index contributed by atoms with van der Waals surface area (Å²) in [5.74, 6) is -3.75. The van der Waals surface area contributed by atoms with Crippen molar-refractivity contribution in [3.63, 3.8) is 0 Å². The van der Waals surface area contributed by atoms with E-state index in [2.05, 4.69) is 25.3 Å². The molecule has 4 heterocycles. The minimum atomic E-state index is -1.30. The Balaban J connectivity index is 1.52. The number of carbonyl (C=O) groups excluding carboxylic acids is 2. The number of carbonyl (C=O) groups is 4. The Kier molecular flexibility index (Phi) is 7.37. The number of β-lactam (4-membered cyclic amide) rings is 1. The first-order valence-electron chi connectivity index (χ1n) is 10.1. The standard InChI is InChI=1S/C20H18N6O7S3/c1-8-5-34-11(22-8)3-2-9-6-35-18-14(17(30)26(18)15(9)19(31)32)24-16(29)13(25-33-4-12(27)28)10-7-36-20(21)23-10/h2-3,5,7,14,18H,4,6H2,1H3,(H2,21,23)(H,24,29)(H,27,28)(H,31,32)/t14?,18-/m0/s1. The zero-order chi connectivity index (χ0) is 26.0. The Morgan fingerprint density at radius 2 is 2.06 bits per heavy atom. The minimum Gasteiger partial charge on any atom is -0.479 e. The lowest BCUT2D eigenvalue weighted by molar-refractivity contribution is -0.150. The van der Waals surface area contributed by atoms with Crippen LogP contribution in [0.1, 0.15) is 16.4 Å². The third-order valence-electron chi connectivity index (χ3n) is 4.87. The second kappa shape index (κ2) is 10.5. The summed E-state index contributed by atoms with van der Waals surface area (Å²) in [6.07, 6.45) is 3.32. The number of oxime groups is 1. The number of nitrogens with two attached hydrogens (primary N) is 1. The quantitative estimate of drug-likeness (QED) is 0.195. The van der Waals surface area contributed by atoms with Crippen molar-refractivity contribution in [1.29, 1.82) is 0 Å². The van der Waals surface area contributed by atoms with Crippen molar-refractivity contribution in [1.82, 2.24) is 20.2 Å². The maximum Gasteiger partial charge on any atom is 0.352 e. The molecular formula is C20H18N6O7S3. The van der Waals surface area contributed by atoms with Crippen LogP contribution in [0.4, 0.5) is 5.13 Å². The predicted octanol–water partition coefficient (Wildman–Crippen LogP) is 0.748. The van der Waals surface area contributed by atoms with Gasteiger partial charge in [0, 0.05) is 22.2 Å². The van der Waals surface area contributed by atoms with E-state index in [1.165, 1.54) is 28.5 Å². The predicted molar refractivity (Wildman–Crippen MR) is 132 cm³/mol. The zero-order valence-corrected chi connectivity index (χ0v) is 20.9. The second-order valence-corrected chi connectivity index (χ2v) is 10.3. The van der Waals surface area contributed by atoms with Crippen molar-refractivity contribution in [2.75, 3.05) is 18.1 Å². The fourth-order valence-corrected chi connectivity index (χ4v) is 5.91. The molecule has 2 aromatic heterocycles. The van der Waals surface area contributed by atoms with Crippen molar-refractivity contribution < 1.29 is 34.2 Å². The number of carboxylic acids is 2. The fourth-order valence-electron chi connectivity index (χ4n) is 3.35. The highest BCUT2D eigenvalue weighted by atomic mass is 32.2. The number of fused-ring (bicyclic) bond motifs is 1. The van der Waals surface area contributed by atoms with Crippen LogP contribution < -0.4 is 11.1 Å². The van der Waals surface area contributed by atoms with Crippen LogP contribution in [0.2, 0.25) is 0 Å². The van der Waals surface area contributed by atoms with Crippen molar-refractivity contribution in [2.45, 2.75) is 18.3 Å². The molecule has 2 aliphatic heterocycles. The molecular weight excluding hydrogens is 532 g/mol. The summed E-state index contributed by atoms with van der Waals surface area (Å²) in [5.41, 5.74) is 6.41. The number of anilines is 1. The van der Waals surface area contributed by atoms with Gasteiger partial charge in [-0.1, -0.05) is 11.2 Å². The van der Waals surface area contributed by atoms with Gasteiger partial charge < -0.3 is 26.1 Å². The Labute approximate surface area is 215 Å². The number of thiazole rings is 2. The first kappa shape index (κ1) is 25.3. The monoisotopic (exact) mass is 550 g/mol. The molecule has 2 aliphatic rings. The molecule has 16 heteroatoms. The van der Waals surface area contributed by atoms with Gasteiger partial charge in [-0.25, -0.2) is 19.6 Å². The van der Waals surface area contributed by atoms with Gasteiger partial charge in [0.1, 0.15) is 27.8 Å². The van der Waals surface area contributed by atoms with E-state index in [-0.39, 0.29) is 28.0 Å². The fraction of sp³-hybridized carbons (Fsp3) is 0.250. The third kappa shape index (κ3) is 5.24. The molecule has 2 atom stereocenters. The van der Waals surface area contributed by atoms with E-state index in [4.69, 9.17) is 10.8 Å². The van der Waals surface area contributed by atoms with E-state index in [0.717, 1.165) is 21.9 Å². The van der Waals surface area contributed by atoms with Gasteiger partial charge in [0.2, 0.25) is 6.61 Å². The van der Waals surface area contributed by atoms with Crippen LogP contribution in [-0.4, -0.2) is 78.3 Å². The van der Waals surface area contributed by atoms with Crippen molar-refractivity contribution >= 4 is 75.1 Å². The topological polar surface area (TPSA) is 197 Å². The molecule has 188 valence electrons. The average molecular weight is 551 g/mol. The minimum absolute atomic E-state index is 0.0382. The molecule has 13 nitrogen and oxygen atoms in total. The van der Waals surface area contributed by atoms with E-state index in [0.29, 0.717) is 10.6 Å². The number of nitrogens with zero attached hydrogens (tertiary/aromatic N) is 4. The normalized spacial score (nSPS) is 19.8. The number of amides is 2. The SMILES string of the molecule is Cc1csc(C=CC2=C(C(=O)O)N3C(=O)C(NC(=O)C(=NOCC(=O)O)c4csc(N)n4)[C@@H]3SC2)n1. The number of nitrogens with one attached hydrogen (secondary N) is 1. The van der Waals surface area contributed by atoms with Crippen LogP contribution in [0.25, 0.3) is 6.08 Å². The number of nitrogen functional groups attached to an aromatic ring is 1. The molecule has 0 radical (unpaired) electrons. The van der Waals surface area contributed by atoms with Gasteiger partial charge >= 0.3 is 11.9 Å². The van der Waals surface area contributed by atoms with Gasteiger partial charge in [-0.05, 0) is 18.6 Å². The Bertz CT molecular complexity index is 1330. The number of aromatic nitrogens is 2. The zero-order valence-electron chi connectivity index (χ0n) is 18.4. The Hall–Kier alpha value is -3.76. The number of allylic oxidation sites excluding steroid dienone is 1. The molecule has 2 amide bonds. The lowest BCUT2D eigenvalue weighted by Crippen LogP contribution is -2.71. The summed E-state index contributed by atoms with van der Waals surface area (Å²) < 4.78 is 0. The second-order valence-electron chi connectivity index (χ2n) is 7.38. The van der Waals surface area contributed by atoms with Crippen LogP contribution >= 0.6 is 34.4 Å². The third-order valence-corrected chi connectivity index (χ3v) is 7.78. The molecule has 1 fully saturated rings. The van der Waals surface area contributed by atoms with Crippen LogP contribution in [0.15, 0.2) is 33.3 Å². The number of hydrogen-bond acceptors (Lipinski definition) is 12. The smallest absolute Gasteiger partial charge is 0.352 e. The van der Waals surface area contributed by atoms with Crippen LogP contribution in [0.3, 0.4) is 0 Å². The molecule has 2 aromatic rings. The number of aliphatic carboxylic acids is 2. The van der Waals surface area contributed by atoms with Crippen molar-refractivity contribution in [3.8, 4) is 0 Å². The molecule has 4 rings (SSSR count). The first-order chi connectivity index (χ1) is 17.2. The molecule has 0 spiro atoms. The lowest BCUT2D eigenvalue weighted by atomic mass is 10.0. The van der Waals surface area contributed by atoms with E-state index in [1.54, 1.807) is 12.2 Å². The molecule has 5 N–H and O–H groups in total. The van der Waals surface area contributed by atoms with Crippen LogP contribution in [-0.2, 0) is 24.0 Å². The highest BCUT2D eigenvalue weighted by Gasteiger charge is 2.54. The summed E-state index contributed by atoms with van der Waals surface area (Å²) in [6, 6.07) is -1.04. The molecule has 0 saturated carbocycles. The summed E-state index contributed by atoms with van der Waals surface area (Å²) in [4.78, 5) is 62.7. The van der Waals surface area contributed by atoms with Gasteiger partial charge in [-0.3, -0.25) is 14.5 Å². The molecule has 0 aliphatic carbocycles. The number of aryl methyl sites for hydroxylation is 1. The van der Waals surface area contributed by atoms with Gasteiger partial charge in [0.15, 0.2) is 10.8 Å². The summed E-state index contributed by atoms with van der Waals surface area (Å²) in [6.45, 7) is 1.05. The number of carboxylic acid groups (broad SMARTS) is 2. The van der Waals surface area contributed by atoms with E-state index in [9.17, 15) is 24.3 Å². The lowest BCUT2D eigenvalue weighted by Gasteiger charge is -2.49. The molecule has 0 bridgehead atoms. The van der Waals surface area contributed by atoms with Crippen LogP contribution in [0, 0.1) is 6.92 Å². The van der Waals surface area contributed by atoms with Gasteiger partial charge in [-0.2, -0.15) is 0 Å². The summed E-state index contributed by atoms with van der Waals surface area (Å²) in [7, 11) is 0. The molecule has 0 aromatic carbocycles. The molecule has 36 heavy (non-hydrogen) atoms. The van der Waals surface area contributed by atoms with Gasteiger partial charge in [-0.15, -0.1) is 34.4 Å². The summed E-state index contributed by atoms with van der Waals surface area (Å²) >= 11 is 3.73. The highest BCUT2D eigenvalue weighted by molar-refractivity contribution is 8.00. The largest absolute Gasteiger partial charge is 0.479 e. The van der Waals surface area contributed by atoms with Gasteiger partial charge in [0.25, 0.3) is 11.8 Å². The van der Waals surface area contributed by atoms with Crippen molar-refractivity contribution in [2.24, 2.45) is 5.16 Å². The Morgan fingerprint density at radius 1 is 1.28 bits per heavy atom. The maximum absolute atomic E-state index is 12.9. The average Bonchev–Trinajstić information content (AvgIpc) is 3.45. The number of thioether (sulfide) groups is 1. The van der Waals surface area contributed by atoms with E-state index in [1.807, 2.05) is 12.3 Å². The van der Waals surface area contributed by atoms with Crippen molar-refractivity contribution in [3.05, 3.63) is 44.5 Å². The highest BCUT2D eigenvalue weighted by Crippen LogP contribution is 2.40.